The van der Waals surface area contributed by atoms with Crippen molar-refractivity contribution in [3.05, 3.63) is 0 Å². The topological polar surface area (TPSA) is 26.3 Å². The Morgan fingerprint density at radius 2 is 2.33 bits per heavy atom. The van der Waals surface area contributed by atoms with Crippen molar-refractivity contribution in [1.82, 2.24) is 0 Å². The monoisotopic (exact) mass is 134 g/mol. The lowest BCUT2D eigenvalue weighted by Crippen LogP contribution is -2.12. The van der Waals surface area contributed by atoms with E-state index in [1.165, 1.54) is 14.0 Å². The largest absolute Gasteiger partial charge is 0.382 e. The summed E-state index contributed by atoms with van der Waals surface area (Å²) in [6.45, 7) is 1.38. The second kappa shape index (κ2) is 4.44. The van der Waals surface area contributed by atoms with Gasteiger partial charge in [0.15, 0.2) is 0 Å². The maximum absolute atomic E-state index is 12.3. The maximum Gasteiger partial charge on any atom is 0.132 e. The molecule has 3 heteroatoms. The molecule has 2 nitrogen and oxygen atoms in total. The third-order valence-electron chi connectivity index (χ3n) is 0.856. The molecule has 0 aliphatic carbocycles. The van der Waals surface area contributed by atoms with E-state index < -0.39 is 6.17 Å². The van der Waals surface area contributed by atoms with Crippen LogP contribution in [-0.4, -0.2) is 25.7 Å². The van der Waals surface area contributed by atoms with Gasteiger partial charge in [-0.3, -0.25) is 4.79 Å². The fourth-order valence-electron chi connectivity index (χ4n) is 0.552. The molecule has 0 rings (SSSR count). The highest BCUT2D eigenvalue weighted by molar-refractivity contribution is 5.75. The van der Waals surface area contributed by atoms with Crippen LogP contribution in [0.4, 0.5) is 4.39 Å². The van der Waals surface area contributed by atoms with Crippen molar-refractivity contribution in [2.24, 2.45) is 0 Å². The molecule has 9 heavy (non-hydrogen) atoms. The summed E-state index contributed by atoms with van der Waals surface area (Å²) in [7, 11) is 1.41. The fourth-order valence-corrected chi connectivity index (χ4v) is 0.552. The zero-order valence-corrected chi connectivity index (χ0v) is 5.69. The molecule has 0 aromatic carbocycles. The van der Waals surface area contributed by atoms with Crippen LogP contribution >= 0.6 is 0 Å². The van der Waals surface area contributed by atoms with E-state index in [2.05, 4.69) is 4.74 Å². The van der Waals surface area contributed by atoms with Crippen molar-refractivity contribution in [2.75, 3.05) is 13.7 Å². The molecule has 0 saturated heterocycles. The molecule has 0 aliphatic heterocycles. The van der Waals surface area contributed by atoms with Crippen molar-refractivity contribution in [3.63, 3.8) is 0 Å². The summed E-state index contributed by atoms with van der Waals surface area (Å²) >= 11 is 0. The third-order valence-corrected chi connectivity index (χ3v) is 0.856. The summed E-state index contributed by atoms with van der Waals surface area (Å²) in [5, 5.41) is 0. The molecule has 0 aromatic rings. The highest BCUT2D eigenvalue weighted by Crippen LogP contribution is 1.97. The number of alkyl halides is 1. The number of halogens is 1. The van der Waals surface area contributed by atoms with E-state index in [9.17, 15) is 9.18 Å². The first-order valence-electron chi connectivity index (χ1n) is 2.79. The van der Waals surface area contributed by atoms with Crippen LogP contribution in [0.3, 0.4) is 0 Å². The first-order chi connectivity index (χ1) is 4.16. The predicted molar refractivity (Wildman–Crippen MR) is 32.1 cm³/mol. The minimum atomic E-state index is -1.13. The first kappa shape index (κ1) is 8.56. The van der Waals surface area contributed by atoms with Gasteiger partial charge in [0.1, 0.15) is 12.0 Å². The van der Waals surface area contributed by atoms with Gasteiger partial charge < -0.3 is 4.74 Å². The number of hydrogen-bond donors (Lipinski definition) is 0. The number of ether oxygens (including phenoxy) is 1. The minimum absolute atomic E-state index is 0.0135. The Morgan fingerprint density at radius 3 is 2.67 bits per heavy atom. The number of ketones is 1. The van der Waals surface area contributed by atoms with Gasteiger partial charge in [0.2, 0.25) is 0 Å². The van der Waals surface area contributed by atoms with Gasteiger partial charge in [0.05, 0.1) is 6.61 Å². The van der Waals surface area contributed by atoms with Crippen molar-refractivity contribution >= 4 is 5.78 Å². The Kier molecular flexibility index (Phi) is 4.22. The van der Waals surface area contributed by atoms with Gasteiger partial charge >= 0.3 is 0 Å². The molecule has 0 aromatic heterocycles. The molecule has 0 bridgehead atoms. The molecular formula is C6H11FO2. The Bertz CT molecular complexity index is 93.1. The van der Waals surface area contributed by atoms with E-state index in [1.807, 2.05) is 0 Å². The first-order valence-corrected chi connectivity index (χ1v) is 2.79. The number of methoxy groups -OCH3 is 1. The summed E-state index contributed by atoms with van der Waals surface area (Å²) in [5.41, 5.74) is 0. The molecule has 0 radical (unpaired) electrons. The van der Waals surface area contributed by atoms with Crippen LogP contribution in [0.1, 0.15) is 13.3 Å². The molecular weight excluding hydrogens is 123 g/mol. The fraction of sp³-hybridized carbons (Fsp3) is 0.833. The van der Waals surface area contributed by atoms with E-state index in [4.69, 9.17) is 0 Å². The van der Waals surface area contributed by atoms with Crippen LogP contribution in [0.25, 0.3) is 0 Å². The van der Waals surface area contributed by atoms with Gasteiger partial charge in [-0.15, -0.1) is 0 Å². The molecule has 1 atom stereocenters. The van der Waals surface area contributed by atoms with Crippen LogP contribution in [0.5, 0.6) is 0 Å². The lowest BCUT2D eigenvalue weighted by molar-refractivity contribution is -0.118. The predicted octanol–water partition coefficient (Wildman–Crippen LogP) is 0.950. The van der Waals surface area contributed by atoms with Crippen LogP contribution in [0.15, 0.2) is 0 Å². The summed E-state index contributed by atoms with van der Waals surface area (Å²) < 4.78 is 16.8. The second-order valence-corrected chi connectivity index (χ2v) is 1.96. The molecule has 54 valence electrons. The number of rotatable bonds is 4. The lowest BCUT2D eigenvalue weighted by atomic mass is 10.2. The zero-order valence-electron chi connectivity index (χ0n) is 5.69. The normalized spacial score (nSPS) is 13.2. The van der Waals surface area contributed by atoms with Crippen molar-refractivity contribution in [1.29, 1.82) is 0 Å². The van der Waals surface area contributed by atoms with Crippen LogP contribution < -0.4 is 0 Å². The van der Waals surface area contributed by atoms with Crippen molar-refractivity contribution in [2.45, 2.75) is 19.5 Å². The van der Waals surface area contributed by atoms with E-state index in [0.717, 1.165) is 0 Å². The molecule has 0 heterocycles. The second-order valence-electron chi connectivity index (χ2n) is 1.96. The van der Waals surface area contributed by atoms with E-state index in [1.54, 1.807) is 0 Å². The SMILES string of the molecule is COC[C@H](F)CC(C)=O. The molecule has 0 amide bonds. The van der Waals surface area contributed by atoms with Gasteiger partial charge in [-0.05, 0) is 6.92 Å². The van der Waals surface area contributed by atoms with Crippen LogP contribution in [0, 0.1) is 0 Å². The molecule has 0 saturated carbocycles. The van der Waals surface area contributed by atoms with Crippen LogP contribution in [0.2, 0.25) is 0 Å². The summed E-state index contributed by atoms with van der Waals surface area (Å²) in [6, 6.07) is 0. The summed E-state index contributed by atoms with van der Waals surface area (Å²) in [4.78, 5) is 10.2. The van der Waals surface area contributed by atoms with Gasteiger partial charge in [-0.1, -0.05) is 0 Å². The average Bonchev–Trinajstić information content (AvgIpc) is 1.63. The van der Waals surface area contributed by atoms with Gasteiger partial charge in [0.25, 0.3) is 0 Å². The molecule has 0 spiro atoms. The Hall–Kier alpha value is -0.440. The average molecular weight is 134 g/mol. The smallest absolute Gasteiger partial charge is 0.132 e. The van der Waals surface area contributed by atoms with Crippen LogP contribution in [-0.2, 0) is 9.53 Å². The number of carbonyl (C=O) groups is 1. The maximum atomic E-state index is 12.3. The number of Topliss-reactive ketones (excluding diaryl/α,β-unsaturated/α-hetero) is 1. The Morgan fingerprint density at radius 1 is 1.78 bits per heavy atom. The van der Waals surface area contributed by atoms with Gasteiger partial charge in [-0.25, -0.2) is 4.39 Å². The zero-order chi connectivity index (χ0) is 7.28. The van der Waals surface area contributed by atoms with Crippen molar-refractivity contribution in [3.8, 4) is 0 Å². The summed E-state index contributed by atoms with van der Waals surface area (Å²) in [5.74, 6) is -0.139. The number of hydrogen-bond acceptors (Lipinski definition) is 2. The molecule has 0 aliphatic rings. The quantitative estimate of drug-likeness (QED) is 0.572. The number of carbonyl (C=O) groups excluding carboxylic acids is 1. The van der Waals surface area contributed by atoms with E-state index >= 15 is 0 Å². The Labute approximate surface area is 54.0 Å². The molecule has 0 unspecified atom stereocenters. The van der Waals surface area contributed by atoms with E-state index in [0.29, 0.717) is 0 Å². The highest BCUT2D eigenvalue weighted by Gasteiger charge is 2.07. The summed E-state index contributed by atoms with van der Waals surface area (Å²) in [6.07, 6.45) is -1.17. The molecule has 0 fully saturated rings. The minimum Gasteiger partial charge on any atom is -0.382 e. The van der Waals surface area contributed by atoms with Gasteiger partial charge in [0, 0.05) is 13.5 Å². The van der Waals surface area contributed by atoms with Crippen molar-refractivity contribution < 1.29 is 13.9 Å². The van der Waals surface area contributed by atoms with E-state index in [-0.39, 0.29) is 18.8 Å². The third kappa shape index (κ3) is 5.43. The molecule has 0 N–H and O–H groups in total. The highest BCUT2D eigenvalue weighted by atomic mass is 19.1. The lowest BCUT2D eigenvalue weighted by Gasteiger charge is -2.01. The Balaban J connectivity index is 3.26. The standard InChI is InChI=1S/C6H11FO2/c1-5(8)3-6(7)4-9-2/h6H,3-4H2,1-2H3/t6-/m1/s1. The van der Waals surface area contributed by atoms with Gasteiger partial charge in [-0.2, -0.15) is 0 Å².